The Kier molecular flexibility index (Phi) is 7.93. The highest BCUT2D eigenvalue weighted by molar-refractivity contribution is 5.97. The molecule has 0 aromatic heterocycles. The van der Waals surface area contributed by atoms with Gasteiger partial charge in [0.1, 0.15) is 17.7 Å². The van der Waals surface area contributed by atoms with Crippen molar-refractivity contribution in [2.24, 2.45) is 5.10 Å². The van der Waals surface area contributed by atoms with Crippen LogP contribution in [0, 0.1) is 11.6 Å². The van der Waals surface area contributed by atoms with E-state index >= 15 is 0 Å². The molecule has 2 unspecified atom stereocenters. The van der Waals surface area contributed by atoms with Crippen LogP contribution in [0.5, 0.6) is 0 Å². The highest BCUT2D eigenvalue weighted by Gasteiger charge is 2.50. The summed E-state index contributed by atoms with van der Waals surface area (Å²) in [4.78, 5) is 13.4. The number of carbonyl (C=O) groups is 1. The summed E-state index contributed by atoms with van der Waals surface area (Å²) < 4.78 is 40.3. The predicted octanol–water partition coefficient (Wildman–Crippen LogP) is 4.85. The summed E-state index contributed by atoms with van der Waals surface area (Å²) in [5.74, 6) is -1.90. The molecule has 0 bridgehead atoms. The Morgan fingerprint density at radius 1 is 1.29 bits per heavy atom. The Morgan fingerprint density at radius 3 is 2.80 bits per heavy atom. The molecule has 2 aromatic rings. The fourth-order valence-corrected chi connectivity index (χ4v) is 4.44. The molecule has 2 aliphatic rings. The second-order valence-corrected chi connectivity index (χ2v) is 8.83. The van der Waals surface area contributed by atoms with Gasteiger partial charge in [-0.3, -0.25) is 4.79 Å². The van der Waals surface area contributed by atoms with Crippen LogP contribution < -0.4 is 5.32 Å². The molecule has 1 N–H and O–H groups in total. The van der Waals surface area contributed by atoms with Crippen LogP contribution in [0.3, 0.4) is 0 Å². The van der Waals surface area contributed by atoms with Crippen LogP contribution in [-0.2, 0) is 20.0 Å². The van der Waals surface area contributed by atoms with Gasteiger partial charge in [0.15, 0.2) is 0 Å². The number of hydrogen-bond donors (Lipinski definition) is 1. The van der Waals surface area contributed by atoms with Gasteiger partial charge in [-0.15, -0.1) is 5.10 Å². The van der Waals surface area contributed by atoms with Crippen LogP contribution in [0.4, 0.5) is 8.78 Å². The van der Waals surface area contributed by atoms with Gasteiger partial charge in [-0.25, -0.2) is 8.78 Å². The topological polar surface area (TPSA) is 63.2 Å². The van der Waals surface area contributed by atoms with Gasteiger partial charge in [0, 0.05) is 25.1 Å². The smallest absolute Gasteiger partial charge is 0.275 e. The van der Waals surface area contributed by atoms with Gasteiger partial charge in [-0.2, -0.15) is 5.01 Å². The normalized spacial score (nSPS) is 22.6. The van der Waals surface area contributed by atoms with Crippen molar-refractivity contribution in [3.05, 3.63) is 83.4 Å². The average Bonchev–Trinajstić information content (AvgIpc) is 3.28. The lowest BCUT2D eigenvalue weighted by Gasteiger charge is -2.36. The van der Waals surface area contributed by atoms with Crippen molar-refractivity contribution in [1.82, 2.24) is 10.3 Å². The van der Waals surface area contributed by atoms with Crippen molar-refractivity contribution < 1.29 is 23.0 Å². The van der Waals surface area contributed by atoms with Gasteiger partial charge in [0.05, 0.1) is 5.56 Å². The molecule has 4 rings (SSSR count). The summed E-state index contributed by atoms with van der Waals surface area (Å²) in [6, 6.07) is 12.6. The summed E-state index contributed by atoms with van der Waals surface area (Å²) in [7, 11) is 1.43. The molecule has 0 radical (unpaired) electrons. The second-order valence-electron chi connectivity index (χ2n) is 8.83. The first-order valence-corrected chi connectivity index (χ1v) is 12.0. The van der Waals surface area contributed by atoms with Crippen LogP contribution in [0.2, 0.25) is 0 Å². The van der Waals surface area contributed by atoms with Gasteiger partial charge >= 0.3 is 0 Å². The van der Waals surface area contributed by atoms with Crippen LogP contribution in [0.1, 0.15) is 50.2 Å². The molecule has 0 spiro atoms. The Bertz CT molecular complexity index is 1090. The van der Waals surface area contributed by atoms with Gasteiger partial charge < -0.3 is 14.8 Å². The largest absolute Gasteiger partial charge is 0.443 e. The molecule has 8 heteroatoms. The van der Waals surface area contributed by atoms with Crippen LogP contribution in [-0.4, -0.2) is 42.6 Å². The van der Waals surface area contributed by atoms with Gasteiger partial charge in [-0.1, -0.05) is 42.5 Å². The highest BCUT2D eigenvalue weighted by atomic mass is 19.1. The molecule has 1 aliphatic carbocycles. The third kappa shape index (κ3) is 5.44. The van der Waals surface area contributed by atoms with E-state index in [1.54, 1.807) is 6.92 Å². The maximum absolute atomic E-state index is 14.7. The van der Waals surface area contributed by atoms with Crippen LogP contribution in [0.15, 0.2) is 65.8 Å². The summed E-state index contributed by atoms with van der Waals surface area (Å²) in [6.45, 7) is 2.31. The lowest BCUT2D eigenvalue weighted by Crippen LogP contribution is -2.48. The third-order valence-electron chi connectivity index (χ3n) is 6.45. The van der Waals surface area contributed by atoms with E-state index in [2.05, 4.69) is 22.6 Å². The van der Waals surface area contributed by atoms with Gasteiger partial charge in [0.25, 0.3) is 5.91 Å². The Hall–Kier alpha value is -3.10. The van der Waals surface area contributed by atoms with E-state index in [-0.39, 0.29) is 11.5 Å². The zero-order valence-corrected chi connectivity index (χ0v) is 20.0. The number of amides is 1. The van der Waals surface area contributed by atoms with E-state index < -0.39 is 29.4 Å². The van der Waals surface area contributed by atoms with Crippen molar-refractivity contribution >= 4 is 11.8 Å². The minimum absolute atomic E-state index is 0.142. The lowest BCUT2D eigenvalue weighted by atomic mass is 9.95. The van der Waals surface area contributed by atoms with E-state index in [0.717, 1.165) is 37.5 Å². The first kappa shape index (κ1) is 25.0. The maximum atomic E-state index is 14.7. The molecule has 6 nitrogen and oxygen atoms in total. The predicted molar refractivity (Wildman–Crippen MR) is 129 cm³/mol. The fraction of sp³-hybridized carbons (Fsp3) is 0.407. The third-order valence-corrected chi connectivity index (χ3v) is 6.45. The molecular weight excluding hydrogens is 452 g/mol. The molecule has 3 atom stereocenters. The number of benzene rings is 2. The zero-order chi connectivity index (χ0) is 24.8. The quantitative estimate of drug-likeness (QED) is 0.409. The Labute approximate surface area is 204 Å². The van der Waals surface area contributed by atoms with E-state index in [1.165, 1.54) is 12.1 Å². The van der Waals surface area contributed by atoms with Crippen molar-refractivity contribution in [1.29, 1.82) is 0 Å². The monoisotopic (exact) mass is 483 g/mol. The van der Waals surface area contributed by atoms with E-state index in [0.29, 0.717) is 31.0 Å². The van der Waals surface area contributed by atoms with Crippen LogP contribution >= 0.6 is 0 Å². The maximum Gasteiger partial charge on any atom is 0.275 e. The number of halogens is 2. The molecule has 1 amide bonds. The van der Waals surface area contributed by atoms with Gasteiger partial charge in [0.2, 0.25) is 11.6 Å². The van der Waals surface area contributed by atoms with Crippen LogP contribution in [0.25, 0.3) is 0 Å². The number of nitrogens with one attached hydrogen (secondary N) is 1. The number of hydrogen-bond acceptors (Lipinski definition) is 5. The SMILES string of the molecule is CO[C@@H](C)C(=O)N1N=C(c2cc(F)ccc2F)OC1(CCCNC1C=CCCC1)c1ccccc1. The molecule has 0 saturated heterocycles. The van der Waals surface area contributed by atoms with E-state index in [1.807, 2.05) is 30.3 Å². The summed E-state index contributed by atoms with van der Waals surface area (Å²) in [5.41, 5.74) is -0.788. The van der Waals surface area contributed by atoms with Gasteiger partial charge in [-0.05, 0) is 57.4 Å². The molecular formula is C27H31F2N3O3. The summed E-state index contributed by atoms with van der Waals surface area (Å²) >= 11 is 0. The van der Waals surface area contributed by atoms with Crippen molar-refractivity contribution in [2.75, 3.05) is 13.7 Å². The molecule has 0 saturated carbocycles. The fourth-order valence-electron chi connectivity index (χ4n) is 4.44. The summed E-state index contributed by atoms with van der Waals surface area (Å²) in [6.07, 6.45) is 7.93. The minimum atomic E-state index is -1.33. The number of rotatable bonds is 9. The number of methoxy groups -OCH3 is 1. The summed E-state index contributed by atoms with van der Waals surface area (Å²) in [5, 5.41) is 9.15. The molecule has 1 aliphatic heterocycles. The molecule has 186 valence electrons. The average molecular weight is 484 g/mol. The number of nitrogens with zero attached hydrogens (tertiary/aromatic N) is 2. The number of carbonyl (C=O) groups excluding carboxylic acids is 1. The molecule has 0 fully saturated rings. The first-order valence-electron chi connectivity index (χ1n) is 12.0. The Morgan fingerprint density at radius 2 is 2.09 bits per heavy atom. The van der Waals surface area contributed by atoms with Crippen molar-refractivity contribution in [3.63, 3.8) is 0 Å². The molecule has 1 heterocycles. The van der Waals surface area contributed by atoms with E-state index in [4.69, 9.17) is 9.47 Å². The molecule has 2 aromatic carbocycles. The van der Waals surface area contributed by atoms with Crippen molar-refractivity contribution in [2.45, 2.75) is 56.9 Å². The van der Waals surface area contributed by atoms with Crippen molar-refractivity contribution in [3.8, 4) is 0 Å². The molecule has 35 heavy (non-hydrogen) atoms. The Balaban J connectivity index is 1.67. The number of hydrazone groups is 1. The lowest BCUT2D eigenvalue weighted by molar-refractivity contribution is -0.162. The minimum Gasteiger partial charge on any atom is -0.443 e. The number of ether oxygens (including phenoxy) is 2. The zero-order valence-electron chi connectivity index (χ0n) is 20.0. The second kappa shape index (κ2) is 11.1. The van der Waals surface area contributed by atoms with E-state index in [9.17, 15) is 13.6 Å². The first-order chi connectivity index (χ1) is 16.9. The highest BCUT2D eigenvalue weighted by Crippen LogP contribution is 2.41. The standard InChI is InChI=1S/C27H31F2N3O3/c1-19(34-2)26(33)32-27(20-10-5-3-6-11-20,16-9-17-30-22-12-7-4-8-13-22)35-25(31-32)23-18-21(28)14-15-24(23)29/h3,5-7,10-12,14-15,18-19,22,30H,4,8-9,13,16-17H2,1-2H3/t19-,22?,27?/m0/s1. The number of allylic oxidation sites excluding steroid dienone is 1.